The highest BCUT2D eigenvalue weighted by Crippen LogP contribution is 2.19. The Bertz CT molecular complexity index is 358. The zero-order valence-corrected chi connectivity index (χ0v) is 11.6. The van der Waals surface area contributed by atoms with Crippen molar-refractivity contribution in [2.75, 3.05) is 6.61 Å². The van der Waals surface area contributed by atoms with Gasteiger partial charge >= 0.3 is 0 Å². The Hall–Kier alpha value is -1.31. The van der Waals surface area contributed by atoms with Gasteiger partial charge in [-0.15, -0.1) is 0 Å². The van der Waals surface area contributed by atoms with Crippen molar-refractivity contribution in [3.05, 3.63) is 29.3 Å². The van der Waals surface area contributed by atoms with Gasteiger partial charge in [0.05, 0.1) is 6.61 Å². The molecule has 0 aliphatic heterocycles. The average Bonchev–Trinajstić information content (AvgIpc) is 2.39. The molecule has 1 aromatic carbocycles. The lowest BCUT2D eigenvalue weighted by Gasteiger charge is -2.09. The molecular weight excluding hydrogens is 224 g/mol. The van der Waals surface area contributed by atoms with Gasteiger partial charge in [-0.3, -0.25) is 4.79 Å². The van der Waals surface area contributed by atoms with Gasteiger partial charge in [0, 0.05) is 5.56 Å². The largest absolute Gasteiger partial charge is 0.493 e. The second-order valence-electron chi connectivity index (χ2n) is 4.76. The van der Waals surface area contributed by atoms with E-state index >= 15 is 0 Å². The first-order chi connectivity index (χ1) is 8.77. The van der Waals surface area contributed by atoms with Gasteiger partial charge in [0.1, 0.15) is 12.0 Å². The first kappa shape index (κ1) is 14.7. The summed E-state index contributed by atoms with van der Waals surface area (Å²) in [5.41, 5.74) is 1.77. The van der Waals surface area contributed by atoms with Crippen LogP contribution in [0.4, 0.5) is 0 Å². The molecule has 100 valence electrons. The van der Waals surface area contributed by atoms with Crippen LogP contribution in [0.5, 0.6) is 5.75 Å². The van der Waals surface area contributed by atoms with Crippen LogP contribution < -0.4 is 4.74 Å². The van der Waals surface area contributed by atoms with Crippen molar-refractivity contribution in [1.29, 1.82) is 0 Å². The third-order valence-electron chi connectivity index (χ3n) is 3.10. The molecule has 0 aromatic heterocycles. The summed E-state index contributed by atoms with van der Waals surface area (Å²) in [4.78, 5) is 10.7. The fourth-order valence-electron chi connectivity index (χ4n) is 1.91. The Morgan fingerprint density at radius 3 is 2.56 bits per heavy atom. The van der Waals surface area contributed by atoms with E-state index in [1.54, 1.807) is 0 Å². The summed E-state index contributed by atoms with van der Waals surface area (Å²) in [7, 11) is 0. The molecular formula is C16H24O2. The Morgan fingerprint density at radius 1 is 1.11 bits per heavy atom. The first-order valence-electron chi connectivity index (χ1n) is 6.96. The van der Waals surface area contributed by atoms with Gasteiger partial charge in [0.2, 0.25) is 0 Å². The van der Waals surface area contributed by atoms with Gasteiger partial charge in [-0.1, -0.05) is 51.2 Å². The lowest BCUT2D eigenvalue weighted by molar-refractivity contribution is 0.112. The average molecular weight is 248 g/mol. The molecule has 0 saturated heterocycles. The van der Waals surface area contributed by atoms with Gasteiger partial charge < -0.3 is 4.74 Å². The zero-order chi connectivity index (χ0) is 13.2. The van der Waals surface area contributed by atoms with Gasteiger partial charge in [-0.25, -0.2) is 0 Å². The van der Waals surface area contributed by atoms with Crippen molar-refractivity contribution in [2.24, 2.45) is 0 Å². The zero-order valence-electron chi connectivity index (χ0n) is 11.6. The predicted octanol–water partition coefficient (Wildman–Crippen LogP) is 4.55. The molecule has 0 radical (unpaired) electrons. The fraction of sp³-hybridized carbons (Fsp3) is 0.562. The molecule has 0 fully saturated rings. The van der Waals surface area contributed by atoms with Crippen LogP contribution in [0.2, 0.25) is 0 Å². The summed E-state index contributed by atoms with van der Waals surface area (Å²) in [6, 6.07) is 5.57. The minimum atomic E-state index is 0.679. The fourth-order valence-corrected chi connectivity index (χ4v) is 1.91. The number of aldehydes is 1. The van der Waals surface area contributed by atoms with Crippen LogP contribution in [0, 0.1) is 6.92 Å². The normalized spacial score (nSPS) is 10.3. The SMILES string of the molecule is CCCCCCCCOc1cc(C=O)ccc1C. The molecule has 0 atom stereocenters. The van der Waals surface area contributed by atoms with Crippen molar-refractivity contribution in [2.45, 2.75) is 52.4 Å². The summed E-state index contributed by atoms with van der Waals surface area (Å²) in [6.07, 6.45) is 8.42. The Labute approximate surface area is 110 Å². The van der Waals surface area contributed by atoms with E-state index < -0.39 is 0 Å². The monoisotopic (exact) mass is 248 g/mol. The van der Waals surface area contributed by atoms with E-state index in [-0.39, 0.29) is 0 Å². The van der Waals surface area contributed by atoms with E-state index in [0.29, 0.717) is 5.56 Å². The molecule has 0 aliphatic rings. The number of carbonyl (C=O) groups excluding carboxylic acids is 1. The molecule has 1 rings (SSSR count). The van der Waals surface area contributed by atoms with E-state index in [2.05, 4.69) is 6.92 Å². The topological polar surface area (TPSA) is 26.3 Å². The summed E-state index contributed by atoms with van der Waals surface area (Å²) in [5, 5.41) is 0. The highest BCUT2D eigenvalue weighted by molar-refractivity contribution is 5.75. The quantitative estimate of drug-likeness (QED) is 0.473. The molecule has 0 saturated carbocycles. The number of carbonyl (C=O) groups is 1. The smallest absolute Gasteiger partial charge is 0.150 e. The van der Waals surface area contributed by atoms with E-state index in [1.165, 1.54) is 32.1 Å². The predicted molar refractivity (Wildman–Crippen MR) is 75.4 cm³/mol. The molecule has 0 N–H and O–H groups in total. The minimum absolute atomic E-state index is 0.679. The molecule has 0 unspecified atom stereocenters. The lowest BCUT2D eigenvalue weighted by Crippen LogP contribution is -1.99. The summed E-state index contributed by atoms with van der Waals surface area (Å²) < 4.78 is 5.73. The van der Waals surface area contributed by atoms with Crippen molar-refractivity contribution < 1.29 is 9.53 Å². The number of benzene rings is 1. The van der Waals surface area contributed by atoms with Gasteiger partial charge in [0.15, 0.2) is 0 Å². The Kier molecular flexibility index (Phi) is 7.16. The molecule has 0 amide bonds. The summed E-state index contributed by atoms with van der Waals surface area (Å²) in [6.45, 7) is 4.98. The minimum Gasteiger partial charge on any atom is -0.493 e. The number of hydrogen-bond acceptors (Lipinski definition) is 2. The molecule has 18 heavy (non-hydrogen) atoms. The molecule has 2 heteroatoms. The van der Waals surface area contributed by atoms with Crippen LogP contribution >= 0.6 is 0 Å². The maximum Gasteiger partial charge on any atom is 0.150 e. The van der Waals surface area contributed by atoms with Crippen LogP contribution in [0.1, 0.15) is 61.4 Å². The molecule has 1 aromatic rings. The third kappa shape index (κ3) is 5.35. The second-order valence-corrected chi connectivity index (χ2v) is 4.76. The van der Waals surface area contributed by atoms with Crippen LogP contribution in [0.3, 0.4) is 0 Å². The Balaban J connectivity index is 2.24. The summed E-state index contributed by atoms with van der Waals surface area (Å²) in [5.74, 6) is 0.841. The van der Waals surface area contributed by atoms with Gasteiger partial charge in [-0.05, 0) is 25.0 Å². The van der Waals surface area contributed by atoms with E-state index in [1.807, 2.05) is 25.1 Å². The lowest BCUT2D eigenvalue weighted by atomic mass is 10.1. The van der Waals surface area contributed by atoms with Crippen molar-refractivity contribution in [3.8, 4) is 5.75 Å². The molecule has 0 bridgehead atoms. The van der Waals surface area contributed by atoms with Crippen LogP contribution in [0.25, 0.3) is 0 Å². The van der Waals surface area contributed by atoms with Crippen LogP contribution in [-0.2, 0) is 0 Å². The van der Waals surface area contributed by atoms with Crippen LogP contribution in [-0.4, -0.2) is 12.9 Å². The van der Waals surface area contributed by atoms with Crippen molar-refractivity contribution >= 4 is 6.29 Å². The third-order valence-corrected chi connectivity index (χ3v) is 3.10. The molecule has 2 nitrogen and oxygen atoms in total. The molecule has 0 aliphatic carbocycles. The highest BCUT2D eigenvalue weighted by atomic mass is 16.5. The maximum absolute atomic E-state index is 10.7. The standard InChI is InChI=1S/C16H24O2/c1-3-4-5-6-7-8-11-18-16-12-15(13-17)10-9-14(16)2/h9-10,12-13H,3-8,11H2,1-2H3. The number of hydrogen-bond donors (Lipinski definition) is 0. The number of unbranched alkanes of at least 4 members (excludes halogenated alkanes) is 5. The van der Waals surface area contributed by atoms with Crippen molar-refractivity contribution in [1.82, 2.24) is 0 Å². The van der Waals surface area contributed by atoms with E-state index in [4.69, 9.17) is 4.74 Å². The van der Waals surface area contributed by atoms with Crippen molar-refractivity contribution in [3.63, 3.8) is 0 Å². The Morgan fingerprint density at radius 2 is 1.83 bits per heavy atom. The van der Waals surface area contributed by atoms with Gasteiger partial charge in [-0.2, -0.15) is 0 Å². The van der Waals surface area contributed by atoms with E-state index in [9.17, 15) is 4.79 Å². The number of rotatable bonds is 9. The van der Waals surface area contributed by atoms with Gasteiger partial charge in [0.25, 0.3) is 0 Å². The highest BCUT2D eigenvalue weighted by Gasteiger charge is 2.01. The maximum atomic E-state index is 10.7. The van der Waals surface area contributed by atoms with E-state index in [0.717, 1.165) is 30.6 Å². The number of aryl methyl sites for hydroxylation is 1. The number of ether oxygens (including phenoxy) is 1. The molecule has 0 spiro atoms. The molecule has 0 heterocycles. The first-order valence-corrected chi connectivity index (χ1v) is 6.96. The second kappa shape index (κ2) is 8.73. The summed E-state index contributed by atoms with van der Waals surface area (Å²) >= 11 is 0. The van der Waals surface area contributed by atoms with Crippen LogP contribution in [0.15, 0.2) is 18.2 Å².